The van der Waals surface area contributed by atoms with Crippen LogP contribution in [0.15, 0.2) is 6.07 Å². The van der Waals surface area contributed by atoms with E-state index in [1.807, 2.05) is 11.3 Å². The molecule has 94 valence electrons. The van der Waals surface area contributed by atoms with Crippen LogP contribution >= 0.6 is 33.9 Å². The summed E-state index contributed by atoms with van der Waals surface area (Å²) < 4.78 is 1.46. The summed E-state index contributed by atoms with van der Waals surface area (Å²) in [6.45, 7) is 1.25. The number of hydrogen-bond donors (Lipinski definition) is 1. The normalized spacial score (nSPS) is 25.1. The molecule has 0 radical (unpaired) electrons. The molecule has 1 aromatic rings. The van der Waals surface area contributed by atoms with Gasteiger partial charge in [-0.15, -0.1) is 11.3 Å². The van der Waals surface area contributed by atoms with Crippen LogP contribution in [0, 0.1) is 8.80 Å². The summed E-state index contributed by atoms with van der Waals surface area (Å²) >= 11 is 4.47. The van der Waals surface area contributed by atoms with E-state index in [1.165, 1.54) is 54.4 Å². The summed E-state index contributed by atoms with van der Waals surface area (Å²) in [6.07, 6.45) is 9.84. The molecule has 1 N–H and O–H groups in total. The first kappa shape index (κ1) is 12.4. The second-order valence-electron chi connectivity index (χ2n) is 5.43. The van der Waals surface area contributed by atoms with Crippen molar-refractivity contribution >= 4 is 33.9 Å². The molecule has 1 nitrogen and oxygen atoms in total. The Morgan fingerprint density at radius 2 is 2.06 bits per heavy atom. The van der Waals surface area contributed by atoms with Gasteiger partial charge in [-0.1, -0.05) is 12.8 Å². The Labute approximate surface area is 122 Å². The minimum absolute atomic E-state index is 0.652. The lowest BCUT2D eigenvalue weighted by Crippen LogP contribution is -2.28. The molecule has 0 aliphatic heterocycles. The number of aryl methyl sites for hydroxylation is 1. The maximum absolute atomic E-state index is 3.84. The Morgan fingerprint density at radius 1 is 1.24 bits per heavy atom. The molecule has 1 fully saturated rings. The van der Waals surface area contributed by atoms with E-state index in [1.54, 1.807) is 10.4 Å². The standard InChI is InChI=1S/C14H20INS/c15-14-8-11-12(6-3-7-13(11)17-14)16-9-10-4-1-2-5-10/h8,10,12,16H,1-7,9H2. The van der Waals surface area contributed by atoms with Gasteiger partial charge in [0.25, 0.3) is 0 Å². The van der Waals surface area contributed by atoms with Gasteiger partial charge < -0.3 is 5.32 Å². The molecule has 0 bridgehead atoms. The van der Waals surface area contributed by atoms with Gasteiger partial charge in [-0.2, -0.15) is 0 Å². The largest absolute Gasteiger partial charge is 0.310 e. The Balaban J connectivity index is 1.63. The predicted octanol–water partition coefficient (Wildman–Crippen LogP) is 4.51. The maximum atomic E-state index is 3.84. The Morgan fingerprint density at radius 3 is 2.88 bits per heavy atom. The van der Waals surface area contributed by atoms with Crippen LogP contribution in [-0.2, 0) is 6.42 Å². The van der Waals surface area contributed by atoms with E-state index in [2.05, 4.69) is 34.0 Å². The van der Waals surface area contributed by atoms with Gasteiger partial charge in [0.2, 0.25) is 0 Å². The molecule has 17 heavy (non-hydrogen) atoms. The first-order chi connectivity index (χ1) is 8.33. The lowest BCUT2D eigenvalue weighted by Gasteiger charge is -2.25. The summed E-state index contributed by atoms with van der Waals surface area (Å²) in [5.41, 5.74) is 1.61. The number of rotatable bonds is 3. The van der Waals surface area contributed by atoms with Gasteiger partial charge in [0.1, 0.15) is 0 Å². The van der Waals surface area contributed by atoms with E-state index in [9.17, 15) is 0 Å². The molecule has 1 aromatic heterocycles. The van der Waals surface area contributed by atoms with E-state index in [0.717, 1.165) is 5.92 Å². The maximum Gasteiger partial charge on any atom is 0.0659 e. The Hall–Kier alpha value is 0.390. The average molecular weight is 361 g/mol. The van der Waals surface area contributed by atoms with Crippen molar-refractivity contribution in [2.75, 3.05) is 6.54 Å². The van der Waals surface area contributed by atoms with Crippen LogP contribution < -0.4 is 5.32 Å². The second kappa shape index (κ2) is 5.57. The highest BCUT2D eigenvalue weighted by Gasteiger charge is 2.23. The van der Waals surface area contributed by atoms with E-state index in [0.29, 0.717) is 6.04 Å². The van der Waals surface area contributed by atoms with Gasteiger partial charge in [0.05, 0.1) is 2.88 Å². The third-order valence-electron chi connectivity index (χ3n) is 4.21. The van der Waals surface area contributed by atoms with Crippen LogP contribution in [0.25, 0.3) is 0 Å². The topological polar surface area (TPSA) is 12.0 Å². The zero-order valence-corrected chi connectivity index (χ0v) is 13.1. The van der Waals surface area contributed by atoms with Crippen LogP contribution in [-0.4, -0.2) is 6.54 Å². The van der Waals surface area contributed by atoms with E-state index in [-0.39, 0.29) is 0 Å². The van der Waals surface area contributed by atoms with Crippen LogP contribution in [0.4, 0.5) is 0 Å². The lowest BCUT2D eigenvalue weighted by molar-refractivity contribution is 0.406. The van der Waals surface area contributed by atoms with Gasteiger partial charge in [-0.3, -0.25) is 0 Å². The summed E-state index contributed by atoms with van der Waals surface area (Å²) in [5, 5.41) is 3.84. The molecule has 3 heteroatoms. The van der Waals surface area contributed by atoms with E-state index >= 15 is 0 Å². The fourth-order valence-electron chi connectivity index (χ4n) is 3.26. The SMILES string of the molecule is Ic1cc2c(s1)CCCC2NCC1CCCC1. The van der Waals surface area contributed by atoms with Crippen LogP contribution in [0.5, 0.6) is 0 Å². The van der Waals surface area contributed by atoms with Crippen molar-refractivity contribution in [2.45, 2.75) is 51.0 Å². The van der Waals surface area contributed by atoms with Crippen molar-refractivity contribution in [2.24, 2.45) is 5.92 Å². The van der Waals surface area contributed by atoms with Crippen molar-refractivity contribution < 1.29 is 0 Å². The Kier molecular flexibility index (Phi) is 4.07. The van der Waals surface area contributed by atoms with Crippen molar-refractivity contribution in [1.29, 1.82) is 0 Å². The molecule has 3 rings (SSSR count). The third-order valence-corrected chi connectivity index (χ3v) is 6.18. The molecule has 1 saturated carbocycles. The molecule has 0 spiro atoms. The molecule has 1 atom stereocenters. The summed E-state index contributed by atoms with van der Waals surface area (Å²) in [7, 11) is 0. The van der Waals surface area contributed by atoms with Gasteiger partial charge in [0, 0.05) is 10.9 Å². The third kappa shape index (κ3) is 2.87. The highest BCUT2D eigenvalue weighted by atomic mass is 127. The lowest BCUT2D eigenvalue weighted by atomic mass is 9.93. The molecule has 0 saturated heterocycles. The van der Waals surface area contributed by atoms with Crippen molar-refractivity contribution in [3.05, 3.63) is 19.4 Å². The zero-order valence-electron chi connectivity index (χ0n) is 10.2. The molecule has 2 aliphatic carbocycles. The summed E-state index contributed by atoms with van der Waals surface area (Å²) in [4.78, 5) is 1.64. The van der Waals surface area contributed by atoms with Crippen molar-refractivity contribution in [3.8, 4) is 0 Å². The quantitative estimate of drug-likeness (QED) is 0.782. The van der Waals surface area contributed by atoms with Crippen LogP contribution in [0.3, 0.4) is 0 Å². The summed E-state index contributed by atoms with van der Waals surface area (Å²) in [6, 6.07) is 3.06. The minimum Gasteiger partial charge on any atom is -0.310 e. The number of halogens is 1. The fourth-order valence-corrected chi connectivity index (χ4v) is 5.38. The van der Waals surface area contributed by atoms with Gasteiger partial charge in [-0.05, 0) is 78.8 Å². The fraction of sp³-hybridized carbons (Fsp3) is 0.714. The number of nitrogens with one attached hydrogen (secondary N) is 1. The van der Waals surface area contributed by atoms with Gasteiger partial charge in [-0.25, -0.2) is 0 Å². The number of fused-ring (bicyclic) bond motifs is 1. The van der Waals surface area contributed by atoms with Gasteiger partial charge >= 0.3 is 0 Å². The summed E-state index contributed by atoms with van der Waals surface area (Å²) in [5.74, 6) is 0.957. The van der Waals surface area contributed by atoms with Crippen molar-refractivity contribution in [3.63, 3.8) is 0 Å². The molecule has 2 aliphatic rings. The van der Waals surface area contributed by atoms with E-state index < -0.39 is 0 Å². The van der Waals surface area contributed by atoms with E-state index in [4.69, 9.17) is 0 Å². The van der Waals surface area contributed by atoms with Crippen LogP contribution in [0.2, 0.25) is 0 Å². The minimum atomic E-state index is 0.652. The molecule has 0 aromatic carbocycles. The number of hydrogen-bond acceptors (Lipinski definition) is 2. The first-order valence-corrected chi connectivity index (χ1v) is 8.74. The van der Waals surface area contributed by atoms with Gasteiger partial charge in [0.15, 0.2) is 0 Å². The Bertz CT molecular complexity index is 382. The first-order valence-electron chi connectivity index (χ1n) is 6.84. The highest BCUT2D eigenvalue weighted by Crippen LogP contribution is 2.36. The monoisotopic (exact) mass is 361 g/mol. The van der Waals surface area contributed by atoms with Crippen molar-refractivity contribution in [1.82, 2.24) is 5.32 Å². The number of thiophene rings is 1. The smallest absolute Gasteiger partial charge is 0.0659 e. The molecular formula is C14H20INS. The average Bonchev–Trinajstić information content (AvgIpc) is 2.93. The molecular weight excluding hydrogens is 341 g/mol. The second-order valence-corrected chi connectivity index (χ2v) is 8.46. The zero-order chi connectivity index (χ0) is 11.7. The molecule has 0 amide bonds. The highest BCUT2D eigenvalue weighted by molar-refractivity contribution is 14.1. The molecule has 1 unspecified atom stereocenters. The predicted molar refractivity (Wildman–Crippen MR) is 82.7 cm³/mol. The van der Waals surface area contributed by atoms with Crippen LogP contribution in [0.1, 0.15) is 55.0 Å². The molecule has 1 heterocycles.